The van der Waals surface area contributed by atoms with Gasteiger partial charge in [-0.05, 0) is 6.92 Å². The first kappa shape index (κ1) is 18.6. The molecule has 0 fully saturated rings. The Morgan fingerprint density at radius 2 is 2.23 bits per heavy atom. The van der Waals surface area contributed by atoms with Crippen molar-refractivity contribution in [3.63, 3.8) is 0 Å². The number of hydrogen-bond donors (Lipinski definition) is 2. The van der Waals surface area contributed by atoms with Crippen LogP contribution in [0.3, 0.4) is 0 Å². The van der Waals surface area contributed by atoms with E-state index in [4.69, 9.17) is 4.42 Å². The maximum Gasteiger partial charge on any atom is 0.216 e. The first-order chi connectivity index (χ1) is 10.5. The maximum absolute atomic E-state index is 5.75. The smallest absolute Gasteiger partial charge is 0.216 e. The molecule has 0 radical (unpaired) electrons. The highest BCUT2D eigenvalue weighted by Gasteiger charge is 2.18. The summed E-state index contributed by atoms with van der Waals surface area (Å²) < 4.78 is 5.75. The van der Waals surface area contributed by atoms with E-state index in [1.54, 1.807) is 6.20 Å². The molecule has 0 amide bonds. The van der Waals surface area contributed by atoms with Crippen LogP contribution in [-0.4, -0.2) is 35.5 Å². The molecule has 0 aliphatic carbocycles. The molecule has 2 N–H and O–H groups in total. The first-order valence-corrected chi connectivity index (χ1v) is 8.78. The van der Waals surface area contributed by atoms with Gasteiger partial charge >= 0.3 is 0 Å². The van der Waals surface area contributed by atoms with E-state index >= 15 is 0 Å². The van der Waals surface area contributed by atoms with Crippen LogP contribution in [0.1, 0.15) is 39.3 Å². The monoisotopic (exact) mass is 324 g/mol. The molecule has 5 nitrogen and oxygen atoms in total. The van der Waals surface area contributed by atoms with Crippen molar-refractivity contribution in [3.05, 3.63) is 30.5 Å². The van der Waals surface area contributed by atoms with Gasteiger partial charge in [0, 0.05) is 30.0 Å². The van der Waals surface area contributed by atoms with Gasteiger partial charge < -0.3 is 15.1 Å². The van der Waals surface area contributed by atoms with Crippen molar-refractivity contribution >= 4 is 17.7 Å². The van der Waals surface area contributed by atoms with E-state index in [1.807, 2.05) is 24.8 Å². The largest absolute Gasteiger partial charge is 0.443 e. The molecule has 0 saturated carbocycles. The lowest BCUT2D eigenvalue weighted by Crippen LogP contribution is -2.38. The third kappa shape index (κ3) is 7.02. The van der Waals surface area contributed by atoms with E-state index < -0.39 is 0 Å². The van der Waals surface area contributed by atoms with Gasteiger partial charge in [-0.3, -0.25) is 0 Å². The van der Waals surface area contributed by atoms with Gasteiger partial charge in [0.2, 0.25) is 5.89 Å². The minimum absolute atomic E-state index is 0.0277. The number of guanidine groups is 1. The molecular weight excluding hydrogens is 296 g/mol. The quantitative estimate of drug-likeness (QED) is 0.333. The average molecular weight is 324 g/mol. The summed E-state index contributed by atoms with van der Waals surface area (Å²) in [4.78, 5) is 8.80. The zero-order valence-electron chi connectivity index (χ0n) is 14.1. The Morgan fingerprint density at radius 3 is 2.82 bits per heavy atom. The molecule has 0 bridgehead atoms. The van der Waals surface area contributed by atoms with E-state index in [2.05, 4.69) is 48.0 Å². The Kier molecular flexibility index (Phi) is 8.09. The second-order valence-corrected chi connectivity index (χ2v) is 7.00. The van der Waals surface area contributed by atoms with Crippen LogP contribution in [0.25, 0.3) is 0 Å². The third-order valence-corrected chi connectivity index (χ3v) is 3.75. The molecule has 0 atom stereocenters. The summed E-state index contributed by atoms with van der Waals surface area (Å²) in [5.41, 5.74) is -0.0277. The fraction of sp³-hybridized carbons (Fsp3) is 0.625. The summed E-state index contributed by atoms with van der Waals surface area (Å²) in [6.07, 6.45) is 3.70. The summed E-state index contributed by atoms with van der Waals surface area (Å²) in [5.74, 6) is 4.31. The number of rotatable bonds is 8. The average Bonchev–Trinajstić information content (AvgIpc) is 2.93. The van der Waals surface area contributed by atoms with Gasteiger partial charge in [0.05, 0.1) is 6.20 Å². The van der Waals surface area contributed by atoms with Crippen molar-refractivity contribution in [2.45, 2.75) is 39.7 Å². The number of aliphatic imine (C=N–C) groups is 1. The Balaban J connectivity index is 2.50. The fourth-order valence-electron chi connectivity index (χ4n) is 1.63. The summed E-state index contributed by atoms with van der Waals surface area (Å²) in [5, 5.41) is 6.52. The lowest BCUT2D eigenvalue weighted by Gasteiger charge is -2.13. The normalized spacial score (nSPS) is 12.3. The van der Waals surface area contributed by atoms with Crippen LogP contribution in [0.5, 0.6) is 0 Å². The predicted octanol–water partition coefficient (Wildman–Crippen LogP) is 2.95. The van der Waals surface area contributed by atoms with E-state index in [9.17, 15) is 0 Å². The molecule has 1 aromatic rings. The standard InChI is InChI=1S/C16H28N4OS/c1-6-9-22-10-8-18-15(17-7-2)20-12-14-19-11-13(21-14)16(3,4)5/h6,11H,1,7-10,12H2,2-5H3,(H2,17,18,20). The minimum Gasteiger partial charge on any atom is -0.443 e. The maximum atomic E-state index is 5.75. The molecule has 0 spiro atoms. The van der Waals surface area contributed by atoms with Gasteiger partial charge in [-0.2, -0.15) is 11.8 Å². The Labute approximate surface area is 138 Å². The molecule has 22 heavy (non-hydrogen) atoms. The SMILES string of the molecule is C=CCSCCNC(=NCc1ncc(C(C)(C)C)o1)NCC. The summed E-state index contributed by atoms with van der Waals surface area (Å²) in [6, 6.07) is 0. The highest BCUT2D eigenvalue weighted by atomic mass is 32.2. The topological polar surface area (TPSA) is 62.5 Å². The Hall–Kier alpha value is -1.43. The fourth-order valence-corrected chi connectivity index (χ4v) is 2.21. The molecule has 0 aromatic carbocycles. The molecule has 1 heterocycles. The van der Waals surface area contributed by atoms with E-state index in [0.29, 0.717) is 12.4 Å². The van der Waals surface area contributed by atoms with Crippen molar-refractivity contribution in [1.29, 1.82) is 0 Å². The molecule has 0 unspecified atom stereocenters. The van der Waals surface area contributed by atoms with Crippen LogP contribution in [0.15, 0.2) is 28.3 Å². The molecular formula is C16H28N4OS. The van der Waals surface area contributed by atoms with Crippen LogP contribution in [0, 0.1) is 0 Å². The van der Waals surface area contributed by atoms with Crippen molar-refractivity contribution < 1.29 is 4.42 Å². The molecule has 1 rings (SSSR count). The second-order valence-electron chi connectivity index (χ2n) is 5.85. The number of thioether (sulfide) groups is 1. The third-order valence-electron chi connectivity index (χ3n) is 2.78. The lowest BCUT2D eigenvalue weighted by atomic mass is 9.94. The van der Waals surface area contributed by atoms with Crippen molar-refractivity contribution in [2.24, 2.45) is 4.99 Å². The Morgan fingerprint density at radius 1 is 1.45 bits per heavy atom. The highest BCUT2D eigenvalue weighted by molar-refractivity contribution is 7.99. The van der Waals surface area contributed by atoms with Crippen molar-refractivity contribution in [3.8, 4) is 0 Å². The number of hydrogen-bond acceptors (Lipinski definition) is 4. The van der Waals surface area contributed by atoms with Gasteiger partial charge in [-0.25, -0.2) is 9.98 Å². The molecule has 6 heteroatoms. The number of oxazole rings is 1. The van der Waals surface area contributed by atoms with Gasteiger partial charge in [-0.1, -0.05) is 26.8 Å². The van der Waals surface area contributed by atoms with Crippen LogP contribution in [0.2, 0.25) is 0 Å². The van der Waals surface area contributed by atoms with E-state index in [0.717, 1.165) is 36.3 Å². The van der Waals surface area contributed by atoms with Crippen LogP contribution in [0.4, 0.5) is 0 Å². The number of nitrogens with zero attached hydrogens (tertiary/aromatic N) is 2. The lowest BCUT2D eigenvalue weighted by molar-refractivity contribution is 0.383. The molecule has 1 aromatic heterocycles. The zero-order chi connectivity index (χ0) is 16.4. The van der Waals surface area contributed by atoms with Crippen LogP contribution in [-0.2, 0) is 12.0 Å². The van der Waals surface area contributed by atoms with Gasteiger partial charge in [-0.15, -0.1) is 6.58 Å². The van der Waals surface area contributed by atoms with E-state index in [-0.39, 0.29) is 5.41 Å². The first-order valence-electron chi connectivity index (χ1n) is 7.63. The molecule has 124 valence electrons. The highest BCUT2D eigenvalue weighted by Crippen LogP contribution is 2.22. The predicted molar refractivity (Wildman–Crippen MR) is 95.5 cm³/mol. The van der Waals surface area contributed by atoms with Crippen molar-refractivity contribution in [2.75, 3.05) is 24.6 Å². The minimum atomic E-state index is -0.0277. The molecule has 0 aliphatic heterocycles. The van der Waals surface area contributed by atoms with Gasteiger partial charge in [0.15, 0.2) is 5.96 Å². The van der Waals surface area contributed by atoms with Gasteiger partial charge in [0.25, 0.3) is 0 Å². The van der Waals surface area contributed by atoms with E-state index in [1.165, 1.54) is 0 Å². The second kappa shape index (κ2) is 9.56. The molecule has 0 aliphatic rings. The summed E-state index contributed by atoms with van der Waals surface area (Å²) in [7, 11) is 0. The van der Waals surface area contributed by atoms with Gasteiger partial charge in [0.1, 0.15) is 12.3 Å². The Bertz CT molecular complexity index is 477. The summed E-state index contributed by atoms with van der Waals surface area (Å²) >= 11 is 1.84. The van der Waals surface area contributed by atoms with Crippen LogP contribution >= 0.6 is 11.8 Å². The van der Waals surface area contributed by atoms with Crippen LogP contribution < -0.4 is 10.6 Å². The number of aromatic nitrogens is 1. The zero-order valence-corrected chi connectivity index (χ0v) is 14.9. The van der Waals surface area contributed by atoms with Crippen molar-refractivity contribution in [1.82, 2.24) is 15.6 Å². The number of nitrogens with one attached hydrogen (secondary N) is 2. The summed E-state index contributed by atoms with van der Waals surface area (Å²) in [6.45, 7) is 14.2. The molecule has 0 saturated heterocycles.